The summed E-state index contributed by atoms with van der Waals surface area (Å²) in [6.07, 6.45) is 1.60. The quantitative estimate of drug-likeness (QED) is 0.541. The van der Waals surface area contributed by atoms with Gasteiger partial charge in [-0.3, -0.25) is 0 Å². The molecule has 4 aromatic rings. The van der Waals surface area contributed by atoms with Crippen LogP contribution in [0.4, 0.5) is 11.5 Å². The summed E-state index contributed by atoms with van der Waals surface area (Å²) in [5, 5.41) is 4.80. The molecule has 0 saturated carbocycles. The molecule has 0 amide bonds. The molecule has 2 aromatic carbocycles. The molecule has 0 spiro atoms. The van der Waals surface area contributed by atoms with Crippen LogP contribution in [0.2, 0.25) is 5.02 Å². The highest BCUT2D eigenvalue weighted by atomic mass is 35.5. The van der Waals surface area contributed by atoms with E-state index in [4.69, 9.17) is 20.8 Å². The average Bonchev–Trinajstić information content (AvgIpc) is 3.16. The summed E-state index contributed by atoms with van der Waals surface area (Å²) in [4.78, 5) is 9.21. The third-order valence-corrected chi connectivity index (χ3v) is 3.99. The summed E-state index contributed by atoms with van der Waals surface area (Å²) in [7, 11) is 1.61. The lowest BCUT2D eigenvalue weighted by Gasteiger charge is -2.13. The smallest absolute Gasteiger partial charge is 0.198 e. The summed E-state index contributed by atoms with van der Waals surface area (Å²) >= 11 is 6.13. The third-order valence-electron chi connectivity index (χ3n) is 3.76. The zero-order chi connectivity index (χ0) is 17.2. The largest absolute Gasteiger partial charge is 0.495 e. The third kappa shape index (κ3) is 3.02. The minimum absolute atomic E-state index is 0.507. The van der Waals surface area contributed by atoms with Crippen molar-refractivity contribution in [3.63, 3.8) is 0 Å². The molecular weight excluding hydrogens is 338 g/mol. The number of furan rings is 1. The molecule has 2 aromatic heterocycles. The first-order valence-electron chi connectivity index (χ1n) is 7.66. The topological polar surface area (TPSA) is 60.2 Å². The highest BCUT2D eigenvalue weighted by Gasteiger charge is 2.13. The Morgan fingerprint density at radius 3 is 2.72 bits per heavy atom. The molecule has 0 aliphatic rings. The highest BCUT2D eigenvalue weighted by molar-refractivity contribution is 6.31. The molecule has 5 nitrogen and oxygen atoms in total. The van der Waals surface area contributed by atoms with Gasteiger partial charge in [0.15, 0.2) is 11.6 Å². The minimum Gasteiger partial charge on any atom is -0.495 e. The summed E-state index contributed by atoms with van der Waals surface area (Å²) in [5.74, 6) is 2.43. The van der Waals surface area contributed by atoms with Crippen LogP contribution >= 0.6 is 11.6 Å². The van der Waals surface area contributed by atoms with Gasteiger partial charge < -0.3 is 14.5 Å². The summed E-state index contributed by atoms with van der Waals surface area (Å²) in [5.41, 5.74) is 1.54. The van der Waals surface area contributed by atoms with Crippen molar-refractivity contribution in [1.29, 1.82) is 0 Å². The van der Waals surface area contributed by atoms with Gasteiger partial charge in [0.05, 0.1) is 24.6 Å². The van der Waals surface area contributed by atoms with Gasteiger partial charge in [-0.15, -0.1) is 0 Å². The second kappa shape index (κ2) is 6.45. The second-order valence-corrected chi connectivity index (χ2v) is 5.80. The summed E-state index contributed by atoms with van der Waals surface area (Å²) in [6, 6.07) is 16.8. The van der Waals surface area contributed by atoms with Gasteiger partial charge in [0.25, 0.3) is 0 Å². The highest BCUT2D eigenvalue weighted by Crippen LogP contribution is 2.33. The fraction of sp³-hybridized carbons (Fsp3) is 0.0526. The lowest BCUT2D eigenvalue weighted by molar-refractivity contribution is 0.417. The van der Waals surface area contributed by atoms with Crippen molar-refractivity contribution < 1.29 is 9.15 Å². The van der Waals surface area contributed by atoms with Crippen LogP contribution in [0, 0.1) is 0 Å². The Hall–Kier alpha value is -3.05. The van der Waals surface area contributed by atoms with Crippen LogP contribution in [0.25, 0.3) is 22.5 Å². The van der Waals surface area contributed by atoms with Crippen molar-refractivity contribution in [2.75, 3.05) is 12.4 Å². The van der Waals surface area contributed by atoms with Gasteiger partial charge in [0.2, 0.25) is 0 Å². The van der Waals surface area contributed by atoms with Gasteiger partial charge >= 0.3 is 0 Å². The van der Waals surface area contributed by atoms with Crippen LogP contribution < -0.4 is 10.1 Å². The number of halogens is 1. The lowest BCUT2D eigenvalue weighted by Crippen LogP contribution is -2.00. The molecule has 25 heavy (non-hydrogen) atoms. The van der Waals surface area contributed by atoms with Crippen molar-refractivity contribution in [3.8, 4) is 17.3 Å². The van der Waals surface area contributed by atoms with Gasteiger partial charge in [0.1, 0.15) is 11.6 Å². The molecule has 0 saturated heterocycles. The molecule has 0 unspecified atom stereocenters. The van der Waals surface area contributed by atoms with E-state index in [2.05, 4.69) is 15.3 Å². The number of nitrogens with one attached hydrogen (secondary N) is 1. The maximum atomic E-state index is 6.13. The van der Waals surface area contributed by atoms with Crippen molar-refractivity contribution in [1.82, 2.24) is 9.97 Å². The molecule has 124 valence electrons. The molecule has 0 aliphatic heterocycles. The number of aromatic nitrogens is 2. The number of fused-ring (bicyclic) bond motifs is 1. The second-order valence-electron chi connectivity index (χ2n) is 5.36. The molecular formula is C19H14ClN3O2. The van der Waals surface area contributed by atoms with Gasteiger partial charge in [-0.05, 0) is 42.5 Å². The standard InChI is InChI=1S/C19H14ClN3O2/c1-24-16-9-8-12(20)11-15(16)22-18-13-5-2-3-6-14(13)21-19(23-18)17-7-4-10-25-17/h2-11H,1H3,(H,21,22,23). The number of nitrogens with zero attached hydrogens (tertiary/aromatic N) is 2. The summed E-state index contributed by atoms with van der Waals surface area (Å²) < 4.78 is 10.8. The van der Waals surface area contributed by atoms with E-state index in [1.807, 2.05) is 36.4 Å². The monoisotopic (exact) mass is 351 g/mol. The Morgan fingerprint density at radius 1 is 1.04 bits per heavy atom. The van der Waals surface area contributed by atoms with Gasteiger partial charge in [-0.2, -0.15) is 0 Å². The van der Waals surface area contributed by atoms with Crippen LogP contribution in [0.15, 0.2) is 65.3 Å². The van der Waals surface area contributed by atoms with E-state index in [9.17, 15) is 0 Å². The number of ether oxygens (including phenoxy) is 1. The number of para-hydroxylation sites is 1. The van der Waals surface area contributed by atoms with Gasteiger partial charge in [-0.1, -0.05) is 23.7 Å². The van der Waals surface area contributed by atoms with Crippen LogP contribution in [0.1, 0.15) is 0 Å². The Bertz CT molecular complexity index is 1030. The fourth-order valence-corrected chi connectivity index (χ4v) is 2.77. The van der Waals surface area contributed by atoms with E-state index in [1.54, 1.807) is 31.6 Å². The van der Waals surface area contributed by atoms with Crippen molar-refractivity contribution in [3.05, 3.63) is 65.9 Å². The number of benzene rings is 2. The number of hydrogen-bond donors (Lipinski definition) is 1. The predicted molar refractivity (Wildman–Crippen MR) is 98.5 cm³/mol. The molecule has 4 rings (SSSR count). The van der Waals surface area contributed by atoms with Gasteiger partial charge in [-0.25, -0.2) is 9.97 Å². The van der Waals surface area contributed by atoms with E-state index in [1.165, 1.54) is 0 Å². The number of rotatable bonds is 4. The van der Waals surface area contributed by atoms with Crippen LogP contribution in [0.5, 0.6) is 5.75 Å². The first-order chi connectivity index (χ1) is 12.2. The minimum atomic E-state index is 0.507. The van der Waals surface area contributed by atoms with E-state index in [-0.39, 0.29) is 0 Å². The Labute approximate surface area is 149 Å². The molecule has 6 heteroatoms. The maximum absolute atomic E-state index is 6.13. The zero-order valence-electron chi connectivity index (χ0n) is 13.4. The molecule has 0 bridgehead atoms. The lowest BCUT2D eigenvalue weighted by atomic mass is 10.2. The van der Waals surface area contributed by atoms with E-state index < -0.39 is 0 Å². The van der Waals surface area contributed by atoms with Gasteiger partial charge in [0, 0.05) is 10.4 Å². The maximum Gasteiger partial charge on any atom is 0.198 e. The number of anilines is 2. The Balaban J connectivity index is 1.87. The Kier molecular flexibility index (Phi) is 3.99. The van der Waals surface area contributed by atoms with Crippen molar-refractivity contribution >= 4 is 34.0 Å². The molecule has 0 fully saturated rings. The molecule has 0 aliphatic carbocycles. The average molecular weight is 352 g/mol. The number of hydrogen-bond acceptors (Lipinski definition) is 5. The SMILES string of the molecule is COc1ccc(Cl)cc1Nc1nc(-c2ccco2)nc2ccccc12. The van der Waals surface area contributed by atoms with Crippen LogP contribution in [-0.2, 0) is 0 Å². The molecule has 0 radical (unpaired) electrons. The molecule has 0 atom stereocenters. The van der Waals surface area contributed by atoms with Crippen LogP contribution in [0.3, 0.4) is 0 Å². The molecule has 1 N–H and O–H groups in total. The predicted octanol–water partition coefficient (Wildman–Crippen LogP) is 5.30. The zero-order valence-corrected chi connectivity index (χ0v) is 14.1. The Morgan fingerprint density at radius 2 is 1.92 bits per heavy atom. The van der Waals surface area contributed by atoms with Crippen molar-refractivity contribution in [2.24, 2.45) is 0 Å². The van der Waals surface area contributed by atoms with Crippen LogP contribution in [-0.4, -0.2) is 17.1 Å². The van der Waals surface area contributed by atoms with E-state index in [0.29, 0.717) is 28.2 Å². The first kappa shape index (κ1) is 15.5. The fourth-order valence-electron chi connectivity index (χ4n) is 2.59. The summed E-state index contributed by atoms with van der Waals surface area (Å²) in [6.45, 7) is 0. The number of methoxy groups -OCH3 is 1. The molecule has 2 heterocycles. The first-order valence-corrected chi connectivity index (χ1v) is 8.03. The van der Waals surface area contributed by atoms with E-state index >= 15 is 0 Å². The normalized spacial score (nSPS) is 10.8. The van der Waals surface area contributed by atoms with Crippen molar-refractivity contribution in [2.45, 2.75) is 0 Å². The van der Waals surface area contributed by atoms with E-state index in [0.717, 1.165) is 16.6 Å².